The van der Waals surface area contributed by atoms with Crippen molar-refractivity contribution in [3.05, 3.63) is 113 Å². The van der Waals surface area contributed by atoms with Crippen LogP contribution in [-0.4, -0.2) is 44.8 Å². The molecule has 206 valence electrons. The van der Waals surface area contributed by atoms with Gasteiger partial charge in [-0.15, -0.1) is 10.2 Å². The molecule has 0 radical (unpaired) electrons. The van der Waals surface area contributed by atoms with Crippen molar-refractivity contribution in [2.45, 2.75) is 44.7 Å². The molecule has 0 bridgehead atoms. The van der Waals surface area contributed by atoms with Crippen LogP contribution in [0.1, 0.15) is 48.1 Å². The van der Waals surface area contributed by atoms with Gasteiger partial charge in [0.1, 0.15) is 17.4 Å². The van der Waals surface area contributed by atoms with E-state index < -0.39 is 5.54 Å². The molecule has 0 spiro atoms. The predicted octanol–water partition coefficient (Wildman–Crippen LogP) is 4.59. The Labute approximate surface area is 234 Å². The number of carbonyl (C=O) groups excluding carboxylic acids is 1. The number of aromatic nitrogens is 4. The third-order valence-electron chi connectivity index (χ3n) is 7.21. The van der Waals surface area contributed by atoms with Crippen LogP contribution < -0.4 is 15.8 Å². The molecule has 5 aromatic rings. The molecule has 8 nitrogen and oxygen atoms in total. The van der Waals surface area contributed by atoms with Gasteiger partial charge in [0.25, 0.3) is 0 Å². The fourth-order valence-electron chi connectivity index (χ4n) is 4.93. The molecule has 3 aromatic carbocycles. The van der Waals surface area contributed by atoms with E-state index in [0.717, 1.165) is 40.5 Å². The number of nitrogens with zero attached hydrogens (tertiary/aromatic N) is 3. The van der Waals surface area contributed by atoms with Gasteiger partial charge in [0.05, 0.1) is 25.1 Å². The summed E-state index contributed by atoms with van der Waals surface area (Å²) in [5.74, 6) is 2.07. The van der Waals surface area contributed by atoms with E-state index in [2.05, 4.69) is 68.6 Å². The van der Waals surface area contributed by atoms with Crippen LogP contribution in [0.2, 0.25) is 0 Å². The number of nitrogens with one attached hydrogen (secondary N) is 2. The predicted molar refractivity (Wildman–Crippen MR) is 157 cm³/mol. The van der Waals surface area contributed by atoms with E-state index in [1.165, 1.54) is 10.9 Å². The van der Waals surface area contributed by atoms with Gasteiger partial charge in [-0.25, -0.2) is 0 Å². The number of hydrogen-bond donors (Lipinski definition) is 3. The number of nitrogens with two attached hydrogens (primary N) is 1. The zero-order valence-corrected chi connectivity index (χ0v) is 23.2. The number of rotatable bonds is 11. The van der Waals surface area contributed by atoms with Crippen LogP contribution in [0, 0.1) is 0 Å². The second-order valence-corrected chi connectivity index (χ2v) is 10.7. The molecule has 4 N–H and O–H groups in total. The summed E-state index contributed by atoms with van der Waals surface area (Å²) in [5.41, 5.74) is 9.61. The molecule has 1 atom stereocenters. The molecular weight excluding hydrogens is 500 g/mol. The number of hydrogen-bond acceptors (Lipinski definition) is 5. The van der Waals surface area contributed by atoms with Crippen LogP contribution in [0.5, 0.6) is 5.75 Å². The first-order chi connectivity index (χ1) is 19.3. The van der Waals surface area contributed by atoms with Crippen LogP contribution in [0.3, 0.4) is 0 Å². The van der Waals surface area contributed by atoms with Crippen molar-refractivity contribution in [1.29, 1.82) is 0 Å². The second-order valence-electron chi connectivity index (χ2n) is 10.7. The Morgan fingerprint density at radius 2 is 1.73 bits per heavy atom. The van der Waals surface area contributed by atoms with Gasteiger partial charge in [-0.3, -0.25) is 4.79 Å². The number of benzene rings is 3. The molecule has 0 aliphatic carbocycles. The largest absolute Gasteiger partial charge is 0.497 e. The van der Waals surface area contributed by atoms with Gasteiger partial charge in [-0.05, 0) is 55.2 Å². The first-order valence-corrected chi connectivity index (χ1v) is 13.6. The van der Waals surface area contributed by atoms with E-state index in [4.69, 9.17) is 15.6 Å². The smallest absolute Gasteiger partial charge is 0.239 e. The first kappa shape index (κ1) is 27.1. The zero-order valence-electron chi connectivity index (χ0n) is 23.2. The van der Waals surface area contributed by atoms with Crippen LogP contribution in [0.4, 0.5) is 0 Å². The lowest BCUT2D eigenvalue weighted by Crippen LogP contribution is -2.50. The number of aryl methyl sites for hydroxylation is 2. The van der Waals surface area contributed by atoms with Gasteiger partial charge in [-0.2, -0.15) is 0 Å². The number of ether oxygens (including phenoxy) is 1. The SMILES string of the molecule is COc1ccc(Cn2c(CCc3c[nH]c4ccccc34)nnc2C(CNC(=O)C(C)(C)N)c2ccccc2)cc1. The number of para-hydroxylation sites is 1. The van der Waals surface area contributed by atoms with Gasteiger partial charge in [0.15, 0.2) is 0 Å². The van der Waals surface area contributed by atoms with E-state index in [9.17, 15) is 4.79 Å². The quantitative estimate of drug-likeness (QED) is 0.229. The van der Waals surface area contributed by atoms with Crippen LogP contribution in [-0.2, 0) is 24.2 Å². The van der Waals surface area contributed by atoms with E-state index in [0.29, 0.717) is 19.5 Å². The van der Waals surface area contributed by atoms with Crippen molar-refractivity contribution >= 4 is 16.8 Å². The lowest BCUT2D eigenvalue weighted by molar-refractivity contribution is -0.125. The molecule has 1 amide bonds. The summed E-state index contributed by atoms with van der Waals surface area (Å²) < 4.78 is 7.55. The fraction of sp³-hybridized carbons (Fsp3) is 0.281. The minimum atomic E-state index is -0.984. The van der Waals surface area contributed by atoms with Crippen molar-refractivity contribution in [2.75, 3.05) is 13.7 Å². The van der Waals surface area contributed by atoms with Gasteiger partial charge in [0, 0.05) is 30.1 Å². The maximum absolute atomic E-state index is 12.7. The number of aromatic amines is 1. The molecule has 0 aliphatic heterocycles. The van der Waals surface area contributed by atoms with E-state index in [-0.39, 0.29) is 11.8 Å². The Balaban J connectivity index is 1.50. The molecule has 2 aromatic heterocycles. The van der Waals surface area contributed by atoms with Crippen molar-refractivity contribution < 1.29 is 9.53 Å². The standard InChI is InChI=1S/C32H36N6O2/c1-32(2,33)31(39)35-20-27(23-9-5-4-6-10-23)30-37-36-29(38(30)21-22-13-16-25(40-3)17-14-22)18-15-24-19-34-28-12-8-7-11-26(24)28/h4-14,16-17,19,27,34H,15,18,20-21,33H2,1-3H3,(H,35,39). The average molecular weight is 537 g/mol. The van der Waals surface area contributed by atoms with E-state index >= 15 is 0 Å². The zero-order chi connectivity index (χ0) is 28.1. The normalized spacial score (nSPS) is 12.4. The van der Waals surface area contributed by atoms with Gasteiger partial charge < -0.3 is 25.3 Å². The highest BCUT2D eigenvalue weighted by molar-refractivity contribution is 5.85. The molecule has 8 heteroatoms. The van der Waals surface area contributed by atoms with Crippen molar-refractivity contribution in [1.82, 2.24) is 25.1 Å². The molecular formula is C32H36N6O2. The second kappa shape index (κ2) is 11.8. The van der Waals surface area contributed by atoms with Gasteiger partial charge in [0.2, 0.25) is 5.91 Å². The summed E-state index contributed by atoms with van der Waals surface area (Å²) in [6, 6.07) is 26.5. The summed E-state index contributed by atoms with van der Waals surface area (Å²) in [6.07, 6.45) is 3.61. The number of carbonyl (C=O) groups is 1. The summed E-state index contributed by atoms with van der Waals surface area (Å²) >= 11 is 0. The Morgan fingerprint density at radius 1 is 1.00 bits per heavy atom. The lowest BCUT2D eigenvalue weighted by Gasteiger charge is -2.23. The van der Waals surface area contributed by atoms with Gasteiger partial charge >= 0.3 is 0 Å². The topological polar surface area (TPSA) is 111 Å². The third kappa shape index (κ3) is 6.07. The van der Waals surface area contributed by atoms with Crippen LogP contribution >= 0.6 is 0 Å². The average Bonchev–Trinajstić information content (AvgIpc) is 3.56. The fourth-order valence-corrected chi connectivity index (χ4v) is 4.93. The van der Waals surface area contributed by atoms with Crippen molar-refractivity contribution in [2.24, 2.45) is 5.73 Å². The molecule has 0 saturated carbocycles. The summed E-state index contributed by atoms with van der Waals surface area (Å²) in [7, 11) is 1.66. The molecule has 1 unspecified atom stereocenters. The minimum absolute atomic E-state index is 0.208. The molecule has 0 aliphatic rings. The minimum Gasteiger partial charge on any atom is -0.497 e. The molecule has 0 fully saturated rings. The molecule has 2 heterocycles. The highest BCUT2D eigenvalue weighted by Crippen LogP contribution is 2.26. The van der Waals surface area contributed by atoms with Crippen LogP contribution in [0.15, 0.2) is 85.1 Å². The Bertz CT molecular complexity index is 1560. The Kier molecular flexibility index (Phi) is 7.98. The van der Waals surface area contributed by atoms with Crippen molar-refractivity contribution in [3.63, 3.8) is 0 Å². The highest BCUT2D eigenvalue weighted by Gasteiger charge is 2.27. The highest BCUT2D eigenvalue weighted by atomic mass is 16.5. The summed E-state index contributed by atoms with van der Waals surface area (Å²) in [5, 5.41) is 13.7. The number of amides is 1. The Morgan fingerprint density at radius 3 is 2.45 bits per heavy atom. The summed E-state index contributed by atoms with van der Waals surface area (Å²) in [4.78, 5) is 16.1. The van der Waals surface area contributed by atoms with E-state index in [1.54, 1.807) is 21.0 Å². The monoisotopic (exact) mass is 536 g/mol. The molecule has 0 saturated heterocycles. The molecule has 5 rings (SSSR count). The van der Waals surface area contributed by atoms with Gasteiger partial charge in [-0.1, -0.05) is 60.7 Å². The van der Waals surface area contributed by atoms with Crippen molar-refractivity contribution in [3.8, 4) is 5.75 Å². The number of H-pyrrole nitrogens is 1. The lowest BCUT2D eigenvalue weighted by atomic mass is 9.97. The first-order valence-electron chi connectivity index (χ1n) is 13.6. The number of methoxy groups -OCH3 is 1. The van der Waals surface area contributed by atoms with Crippen LogP contribution in [0.25, 0.3) is 10.9 Å². The third-order valence-corrected chi connectivity index (χ3v) is 7.21. The Hall–Kier alpha value is -4.43. The molecule has 40 heavy (non-hydrogen) atoms. The summed E-state index contributed by atoms with van der Waals surface area (Å²) in [6.45, 7) is 4.35. The number of fused-ring (bicyclic) bond motifs is 1. The van der Waals surface area contributed by atoms with E-state index in [1.807, 2.05) is 36.4 Å². The maximum atomic E-state index is 12.7. The maximum Gasteiger partial charge on any atom is 0.239 e.